The molecule has 3 heteroatoms. The van der Waals surface area contributed by atoms with Gasteiger partial charge in [-0.25, -0.2) is 0 Å². The Bertz CT molecular complexity index is 588. The number of hydrogen-bond acceptors (Lipinski definition) is 3. The first-order chi connectivity index (χ1) is 12.7. The normalized spacial score (nSPS) is 53.4. The molecule has 10 atom stereocenters. The number of Topliss-reactive ketones (excluding diaryl/α,β-unsaturated/α-hetero) is 1. The molecule has 3 nitrogen and oxygen atoms in total. The maximum atomic E-state index is 13.4. The molecule has 0 aromatic rings. The lowest BCUT2D eigenvalue weighted by Crippen LogP contribution is -2.61. The molecule has 0 radical (unpaired) electrons. The highest BCUT2D eigenvalue weighted by atomic mass is 16.3. The minimum atomic E-state index is -0.286. The highest BCUT2D eigenvalue weighted by Crippen LogP contribution is 2.67. The lowest BCUT2D eigenvalue weighted by Gasteiger charge is -2.61. The van der Waals surface area contributed by atoms with Crippen LogP contribution in [0, 0.1) is 46.3 Å². The van der Waals surface area contributed by atoms with Crippen LogP contribution in [0.2, 0.25) is 0 Å². The number of aliphatic hydroxyl groups excluding tert-OH is 2. The summed E-state index contributed by atoms with van der Waals surface area (Å²) in [4.78, 5) is 13.4. The van der Waals surface area contributed by atoms with E-state index in [9.17, 15) is 15.0 Å². The van der Waals surface area contributed by atoms with E-state index in [1.807, 2.05) is 0 Å². The molecule has 4 saturated carbocycles. The summed E-state index contributed by atoms with van der Waals surface area (Å²) in [5.74, 6) is 2.74. The smallest absolute Gasteiger partial charge is 0.136 e. The summed E-state index contributed by atoms with van der Waals surface area (Å²) in [6.45, 7) is 9.30. The van der Waals surface area contributed by atoms with Crippen molar-refractivity contribution in [3.05, 3.63) is 0 Å². The fourth-order valence-corrected chi connectivity index (χ4v) is 8.50. The van der Waals surface area contributed by atoms with E-state index in [2.05, 4.69) is 27.7 Å². The van der Waals surface area contributed by atoms with E-state index < -0.39 is 0 Å². The first-order valence-corrected chi connectivity index (χ1v) is 11.6. The van der Waals surface area contributed by atoms with Crippen LogP contribution in [-0.4, -0.2) is 28.2 Å². The lowest BCUT2D eigenvalue weighted by atomic mass is 9.43. The molecule has 4 fully saturated rings. The number of ketones is 1. The molecular weight excluding hydrogens is 336 g/mol. The van der Waals surface area contributed by atoms with E-state index >= 15 is 0 Å². The van der Waals surface area contributed by atoms with Gasteiger partial charge in [0.2, 0.25) is 0 Å². The molecule has 0 aliphatic heterocycles. The Balaban J connectivity index is 1.67. The topological polar surface area (TPSA) is 57.5 Å². The number of aliphatic hydroxyl groups is 2. The fraction of sp³-hybridized carbons (Fsp3) is 0.958. The molecule has 4 aliphatic carbocycles. The van der Waals surface area contributed by atoms with Gasteiger partial charge >= 0.3 is 0 Å². The van der Waals surface area contributed by atoms with Gasteiger partial charge in [0.1, 0.15) is 5.78 Å². The first kappa shape index (κ1) is 19.9. The SMILES string of the molecule is CCC[C@@H](C)[C@H]1CC[C@H]2[C@@H]3C(=O)C[C@@H]4C[C@H](O)CC[C@]4(C)[C@H]3C[C@H](O)[C@]12C. The van der Waals surface area contributed by atoms with Crippen LogP contribution < -0.4 is 0 Å². The van der Waals surface area contributed by atoms with Crippen LogP contribution in [-0.2, 0) is 4.79 Å². The maximum Gasteiger partial charge on any atom is 0.136 e. The Hall–Kier alpha value is -0.410. The standard InChI is InChI=1S/C24H40O3/c1-5-6-14(2)17-7-8-18-22-19(13-21(27)24(17,18)4)23(3)10-9-16(25)11-15(23)12-20(22)26/h14-19,21-22,25,27H,5-13H2,1-4H3/t14-,15+,16-,17-,18+,19+,21+,22+,23+,24-/m1/s1. The van der Waals surface area contributed by atoms with Gasteiger partial charge in [-0.2, -0.15) is 0 Å². The van der Waals surface area contributed by atoms with Crippen LogP contribution in [0.25, 0.3) is 0 Å². The summed E-state index contributed by atoms with van der Waals surface area (Å²) in [5, 5.41) is 21.6. The third kappa shape index (κ3) is 2.78. The monoisotopic (exact) mass is 376 g/mol. The van der Waals surface area contributed by atoms with Crippen molar-refractivity contribution in [3.8, 4) is 0 Å². The van der Waals surface area contributed by atoms with Crippen LogP contribution >= 0.6 is 0 Å². The molecule has 0 bridgehead atoms. The van der Waals surface area contributed by atoms with Crippen LogP contribution in [0.3, 0.4) is 0 Å². The van der Waals surface area contributed by atoms with Crippen molar-refractivity contribution in [3.63, 3.8) is 0 Å². The lowest BCUT2D eigenvalue weighted by molar-refractivity contribution is -0.182. The molecule has 0 heterocycles. The van der Waals surface area contributed by atoms with Crippen LogP contribution in [0.5, 0.6) is 0 Å². The summed E-state index contributed by atoms with van der Waals surface area (Å²) in [7, 11) is 0. The van der Waals surface area contributed by atoms with Gasteiger partial charge in [-0.3, -0.25) is 4.79 Å². The van der Waals surface area contributed by atoms with Gasteiger partial charge in [-0.15, -0.1) is 0 Å². The Morgan fingerprint density at radius 3 is 2.56 bits per heavy atom. The predicted molar refractivity (Wildman–Crippen MR) is 107 cm³/mol. The van der Waals surface area contributed by atoms with Crippen molar-refractivity contribution in [2.75, 3.05) is 0 Å². The Labute approximate surface area is 165 Å². The zero-order valence-electron chi connectivity index (χ0n) is 17.8. The van der Waals surface area contributed by atoms with Gasteiger partial charge in [0, 0.05) is 17.8 Å². The van der Waals surface area contributed by atoms with E-state index in [0.717, 1.165) is 32.1 Å². The predicted octanol–water partition coefficient (Wildman–Crippen LogP) is 4.59. The molecule has 4 rings (SSSR count). The van der Waals surface area contributed by atoms with Gasteiger partial charge in [0.25, 0.3) is 0 Å². The van der Waals surface area contributed by atoms with Crippen molar-refractivity contribution >= 4 is 5.78 Å². The largest absolute Gasteiger partial charge is 0.393 e. The third-order valence-corrected chi connectivity index (χ3v) is 10.1. The van der Waals surface area contributed by atoms with E-state index in [1.54, 1.807) is 0 Å². The minimum Gasteiger partial charge on any atom is -0.393 e. The van der Waals surface area contributed by atoms with E-state index in [0.29, 0.717) is 41.8 Å². The maximum absolute atomic E-state index is 13.4. The summed E-state index contributed by atoms with van der Waals surface area (Å²) < 4.78 is 0. The Kier molecular flexibility index (Phi) is 5.03. The molecule has 2 N–H and O–H groups in total. The molecule has 0 aromatic heterocycles. The molecule has 0 saturated heterocycles. The molecule has 154 valence electrons. The zero-order chi connectivity index (χ0) is 19.6. The van der Waals surface area contributed by atoms with Gasteiger partial charge in [0.15, 0.2) is 0 Å². The summed E-state index contributed by atoms with van der Waals surface area (Å²) in [6.07, 6.45) is 8.28. The second-order valence-electron chi connectivity index (χ2n) is 11.1. The minimum absolute atomic E-state index is 0.0945. The molecule has 27 heavy (non-hydrogen) atoms. The molecule has 0 amide bonds. The van der Waals surface area contributed by atoms with Crippen LogP contribution in [0.1, 0.15) is 85.5 Å². The van der Waals surface area contributed by atoms with Crippen molar-refractivity contribution in [1.29, 1.82) is 0 Å². The molecule has 0 unspecified atom stereocenters. The zero-order valence-corrected chi connectivity index (χ0v) is 17.8. The highest BCUT2D eigenvalue weighted by molar-refractivity contribution is 5.83. The quantitative estimate of drug-likeness (QED) is 0.757. The summed E-state index contributed by atoms with van der Waals surface area (Å²) in [5.41, 5.74) is 0.0238. The second-order valence-corrected chi connectivity index (χ2v) is 11.1. The van der Waals surface area contributed by atoms with Gasteiger partial charge in [-0.1, -0.05) is 40.5 Å². The number of carbonyl (C=O) groups is 1. The van der Waals surface area contributed by atoms with Crippen molar-refractivity contribution in [2.45, 2.75) is 97.7 Å². The van der Waals surface area contributed by atoms with Gasteiger partial charge in [0.05, 0.1) is 12.2 Å². The molecule has 0 aromatic carbocycles. The Morgan fingerprint density at radius 1 is 1.11 bits per heavy atom. The van der Waals surface area contributed by atoms with Crippen molar-refractivity contribution in [2.24, 2.45) is 46.3 Å². The highest BCUT2D eigenvalue weighted by Gasteiger charge is 2.65. The Morgan fingerprint density at radius 2 is 1.85 bits per heavy atom. The first-order valence-electron chi connectivity index (χ1n) is 11.6. The molecular formula is C24H40O3. The second kappa shape index (κ2) is 6.83. The van der Waals surface area contributed by atoms with E-state index in [1.165, 1.54) is 19.3 Å². The average molecular weight is 377 g/mol. The number of carbonyl (C=O) groups excluding carboxylic acids is 1. The van der Waals surface area contributed by atoms with Gasteiger partial charge < -0.3 is 10.2 Å². The summed E-state index contributed by atoms with van der Waals surface area (Å²) >= 11 is 0. The number of fused-ring (bicyclic) bond motifs is 5. The van der Waals surface area contributed by atoms with Crippen LogP contribution in [0.4, 0.5) is 0 Å². The summed E-state index contributed by atoms with van der Waals surface area (Å²) in [6, 6.07) is 0. The molecule has 0 spiro atoms. The van der Waals surface area contributed by atoms with Crippen molar-refractivity contribution in [1.82, 2.24) is 0 Å². The number of hydrogen-bond donors (Lipinski definition) is 2. The van der Waals surface area contributed by atoms with Crippen molar-refractivity contribution < 1.29 is 15.0 Å². The number of rotatable bonds is 3. The third-order valence-electron chi connectivity index (χ3n) is 10.1. The average Bonchev–Trinajstić information content (AvgIpc) is 2.96. The van der Waals surface area contributed by atoms with Gasteiger partial charge in [-0.05, 0) is 73.5 Å². The molecule has 4 aliphatic rings. The fourth-order valence-electron chi connectivity index (χ4n) is 8.50. The van der Waals surface area contributed by atoms with Crippen LogP contribution in [0.15, 0.2) is 0 Å². The van der Waals surface area contributed by atoms with E-state index in [4.69, 9.17) is 0 Å². The van der Waals surface area contributed by atoms with E-state index in [-0.39, 0.29) is 29.0 Å².